The summed E-state index contributed by atoms with van der Waals surface area (Å²) in [5.41, 5.74) is 1.02. The van der Waals surface area contributed by atoms with E-state index in [0.29, 0.717) is 16.7 Å². The molecular weight excluding hydrogens is 260 g/mol. The van der Waals surface area contributed by atoms with E-state index in [9.17, 15) is 0 Å². The molecule has 0 spiro atoms. The molecule has 0 radical (unpaired) electrons. The Labute approximate surface area is 118 Å². The zero-order chi connectivity index (χ0) is 13.7. The van der Waals surface area contributed by atoms with Crippen LogP contribution < -0.4 is 10.1 Å². The molecule has 0 aliphatic rings. The van der Waals surface area contributed by atoms with Crippen LogP contribution in [0.4, 0.5) is 0 Å². The molecule has 1 aromatic carbocycles. The van der Waals surface area contributed by atoms with E-state index >= 15 is 0 Å². The third-order valence-electron chi connectivity index (χ3n) is 2.82. The van der Waals surface area contributed by atoms with E-state index in [2.05, 4.69) is 24.1 Å². The summed E-state index contributed by atoms with van der Waals surface area (Å²) in [5.74, 6) is 1.21. The number of pyridine rings is 1. The van der Waals surface area contributed by atoms with Crippen molar-refractivity contribution in [2.75, 3.05) is 6.54 Å². The number of rotatable bonds is 5. The summed E-state index contributed by atoms with van der Waals surface area (Å²) in [6, 6.07) is 11.5. The van der Waals surface area contributed by atoms with Crippen LogP contribution in [0, 0.1) is 0 Å². The van der Waals surface area contributed by atoms with Gasteiger partial charge in [0.25, 0.3) is 0 Å². The third kappa shape index (κ3) is 3.46. The van der Waals surface area contributed by atoms with Crippen LogP contribution in [0.2, 0.25) is 5.02 Å². The molecule has 100 valence electrons. The maximum Gasteiger partial charge on any atom is 0.224 e. The van der Waals surface area contributed by atoms with E-state index in [-0.39, 0.29) is 6.04 Å². The van der Waals surface area contributed by atoms with Gasteiger partial charge in [-0.05, 0) is 31.7 Å². The van der Waals surface area contributed by atoms with Crippen molar-refractivity contribution in [1.82, 2.24) is 10.3 Å². The van der Waals surface area contributed by atoms with Gasteiger partial charge in [0.15, 0.2) is 0 Å². The van der Waals surface area contributed by atoms with Gasteiger partial charge in [0.2, 0.25) is 5.88 Å². The van der Waals surface area contributed by atoms with Gasteiger partial charge in [0, 0.05) is 17.8 Å². The SMILES string of the molecule is CCNC(C)c1cccnc1Oc1ccccc1Cl. The Kier molecular flexibility index (Phi) is 4.77. The Morgan fingerprint density at radius 2 is 2.05 bits per heavy atom. The highest BCUT2D eigenvalue weighted by Crippen LogP contribution is 2.31. The van der Waals surface area contributed by atoms with Crippen molar-refractivity contribution in [3.8, 4) is 11.6 Å². The smallest absolute Gasteiger partial charge is 0.224 e. The number of hydrogen-bond donors (Lipinski definition) is 1. The van der Waals surface area contributed by atoms with Gasteiger partial charge in [-0.3, -0.25) is 0 Å². The predicted molar refractivity (Wildman–Crippen MR) is 77.9 cm³/mol. The summed E-state index contributed by atoms with van der Waals surface area (Å²) >= 11 is 6.10. The Balaban J connectivity index is 2.28. The van der Waals surface area contributed by atoms with Crippen LogP contribution in [0.15, 0.2) is 42.6 Å². The van der Waals surface area contributed by atoms with Crippen LogP contribution in [-0.4, -0.2) is 11.5 Å². The van der Waals surface area contributed by atoms with Crippen molar-refractivity contribution < 1.29 is 4.74 Å². The zero-order valence-electron chi connectivity index (χ0n) is 11.1. The van der Waals surface area contributed by atoms with Gasteiger partial charge in [0.05, 0.1) is 5.02 Å². The summed E-state index contributed by atoms with van der Waals surface area (Å²) in [6.07, 6.45) is 1.72. The topological polar surface area (TPSA) is 34.2 Å². The van der Waals surface area contributed by atoms with Gasteiger partial charge in [-0.15, -0.1) is 0 Å². The van der Waals surface area contributed by atoms with E-state index in [1.807, 2.05) is 30.3 Å². The molecule has 1 N–H and O–H groups in total. The highest BCUT2D eigenvalue weighted by atomic mass is 35.5. The molecule has 2 rings (SSSR count). The number of aromatic nitrogens is 1. The van der Waals surface area contributed by atoms with Crippen LogP contribution in [0.5, 0.6) is 11.6 Å². The number of halogens is 1. The second kappa shape index (κ2) is 6.55. The molecule has 19 heavy (non-hydrogen) atoms. The van der Waals surface area contributed by atoms with Gasteiger partial charge in [-0.2, -0.15) is 0 Å². The second-order valence-corrected chi connectivity index (χ2v) is 4.62. The fourth-order valence-electron chi connectivity index (χ4n) is 1.87. The average molecular weight is 277 g/mol. The summed E-state index contributed by atoms with van der Waals surface area (Å²) in [5, 5.41) is 3.93. The van der Waals surface area contributed by atoms with E-state index in [1.54, 1.807) is 12.3 Å². The molecule has 1 aromatic heterocycles. The lowest BCUT2D eigenvalue weighted by molar-refractivity contribution is 0.444. The molecular formula is C15H17ClN2O. The van der Waals surface area contributed by atoms with E-state index in [0.717, 1.165) is 12.1 Å². The first-order valence-corrected chi connectivity index (χ1v) is 6.71. The molecule has 1 atom stereocenters. The van der Waals surface area contributed by atoms with Crippen molar-refractivity contribution in [1.29, 1.82) is 0 Å². The number of para-hydroxylation sites is 1. The molecule has 0 aliphatic heterocycles. The Bertz CT molecular complexity index is 545. The zero-order valence-corrected chi connectivity index (χ0v) is 11.8. The van der Waals surface area contributed by atoms with Crippen molar-refractivity contribution >= 4 is 11.6 Å². The lowest BCUT2D eigenvalue weighted by Crippen LogP contribution is -2.18. The maximum absolute atomic E-state index is 6.10. The van der Waals surface area contributed by atoms with Gasteiger partial charge in [-0.1, -0.05) is 36.7 Å². The van der Waals surface area contributed by atoms with Crippen molar-refractivity contribution in [2.45, 2.75) is 19.9 Å². The third-order valence-corrected chi connectivity index (χ3v) is 3.13. The molecule has 3 nitrogen and oxygen atoms in total. The standard InChI is InChI=1S/C15H17ClN2O/c1-3-17-11(2)12-7-6-10-18-15(12)19-14-9-5-4-8-13(14)16/h4-11,17H,3H2,1-2H3. The van der Waals surface area contributed by atoms with Crippen LogP contribution >= 0.6 is 11.6 Å². The highest BCUT2D eigenvalue weighted by Gasteiger charge is 2.13. The Morgan fingerprint density at radius 3 is 2.79 bits per heavy atom. The minimum atomic E-state index is 0.177. The number of ether oxygens (including phenoxy) is 1. The largest absolute Gasteiger partial charge is 0.437 e. The van der Waals surface area contributed by atoms with Gasteiger partial charge >= 0.3 is 0 Å². The van der Waals surface area contributed by atoms with E-state index < -0.39 is 0 Å². The van der Waals surface area contributed by atoms with Gasteiger partial charge in [-0.25, -0.2) is 4.98 Å². The van der Waals surface area contributed by atoms with Crippen molar-refractivity contribution in [3.05, 3.63) is 53.2 Å². The molecule has 0 fully saturated rings. The minimum Gasteiger partial charge on any atom is -0.437 e. The molecule has 0 aliphatic carbocycles. The first-order valence-electron chi connectivity index (χ1n) is 6.33. The molecule has 1 heterocycles. The maximum atomic E-state index is 6.10. The molecule has 0 bridgehead atoms. The summed E-state index contributed by atoms with van der Waals surface area (Å²) in [7, 11) is 0. The van der Waals surface area contributed by atoms with Gasteiger partial charge in [0.1, 0.15) is 5.75 Å². The average Bonchev–Trinajstić information content (AvgIpc) is 2.42. The molecule has 1 unspecified atom stereocenters. The second-order valence-electron chi connectivity index (χ2n) is 4.21. The number of nitrogens with one attached hydrogen (secondary N) is 1. The Hall–Kier alpha value is -1.58. The van der Waals surface area contributed by atoms with E-state index in [4.69, 9.17) is 16.3 Å². The lowest BCUT2D eigenvalue weighted by atomic mass is 10.1. The fraction of sp³-hybridized carbons (Fsp3) is 0.267. The number of nitrogens with zero attached hydrogens (tertiary/aromatic N) is 1. The van der Waals surface area contributed by atoms with Crippen LogP contribution in [0.1, 0.15) is 25.5 Å². The van der Waals surface area contributed by atoms with Crippen molar-refractivity contribution in [2.24, 2.45) is 0 Å². The van der Waals surface area contributed by atoms with Crippen LogP contribution in [-0.2, 0) is 0 Å². The number of benzene rings is 1. The minimum absolute atomic E-state index is 0.177. The van der Waals surface area contributed by atoms with Crippen LogP contribution in [0.25, 0.3) is 0 Å². The first kappa shape index (κ1) is 13.8. The summed E-state index contributed by atoms with van der Waals surface area (Å²) in [6.45, 7) is 5.04. The first-order chi connectivity index (χ1) is 9.22. The van der Waals surface area contributed by atoms with Crippen molar-refractivity contribution in [3.63, 3.8) is 0 Å². The predicted octanol–water partition coefficient (Wildman–Crippen LogP) is 4.20. The van der Waals surface area contributed by atoms with Gasteiger partial charge < -0.3 is 10.1 Å². The monoisotopic (exact) mass is 276 g/mol. The molecule has 0 saturated carbocycles. The molecule has 0 amide bonds. The summed E-state index contributed by atoms with van der Waals surface area (Å²) in [4.78, 5) is 4.30. The quantitative estimate of drug-likeness (QED) is 0.889. The summed E-state index contributed by atoms with van der Waals surface area (Å²) < 4.78 is 5.82. The number of hydrogen-bond acceptors (Lipinski definition) is 3. The van der Waals surface area contributed by atoms with E-state index in [1.165, 1.54) is 0 Å². The highest BCUT2D eigenvalue weighted by molar-refractivity contribution is 6.32. The Morgan fingerprint density at radius 1 is 1.26 bits per heavy atom. The fourth-order valence-corrected chi connectivity index (χ4v) is 2.04. The molecule has 0 saturated heterocycles. The normalized spacial score (nSPS) is 12.2. The van der Waals surface area contributed by atoms with Crippen LogP contribution in [0.3, 0.4) is 0 Å². The lowest BCUT2D eigenvalue weighted by Gasteiger charge is -2.16. The molecule has 4 heteroatoms. The molecule has 2 aromatic rings.